The van der Waals surface area contributed by atoms with Crippen LogP contribution in [-0.2, 0) is 24.2 Å². The fourth-order valence-electron chi connectivity index (χ4n) is 5.88. The molecule has 194 valence electrons. The third-order valence-electron chi connectivity index (χ3n) is 8.04. The molecule has 0 bridgehead atoms. The van der Waals surface area contributed by atoms with Crippen LogP contribution in [0.25, 0.3) is 0 Å². The van der Waals surface area contributed by atoms with E-state index in [0.717, 1.165) is 61.1 Å². The number of aryl methyl sites for hydroxylation is 1. The van der Waals surface area contributed by atoms with Crippen LogP contribution in [0.1, 0.15) is 72.8 Å². The summed E-state index contributed by atoms with van der Waals surface area (Å²) in [5.74, 6) is 0.904. The van der Waals surface area contributed by atoms with Gasteiger partial charge in [-0.3, -0.25) is 14.3 Å². The molecule has 0 spiro atoms. The molecule has 2 aliphatic heterocycles. The third kappa shape index (κ3) is 5.14. The second-order valence-corrected chi connectivity index (χ2v) is 10.6. The molecule has 5 rings (SSSR count). The van der Waals surface area contributed by atoms with Crippen LogP contribution < -0.4 is 4.74 Å². The third-order valence-corrected chi connectivity index (χ3v) is 8.04. The van der Waals surface area contributed by atoms with E-state index in [-0.39, 0.29) is 36.6 Å². The molecule has 1 aromatic heterocycles. The summed E-state index contributed by atoms with van der Waals surface area (Å²) in [6.07, 6.45) is 6.34. The van der Waals surface area contributed by atoms with Crippen molar-refractivity contribution in [1.82, 2.24) is 19.6 Å². The van der Waals surface area contributed by atoms with Gasteiger partial charge in [0.05, 0.1) is 6.10 Å². The number of benzene rings is 1. The van der Waals surface area contributed by atoms with Gasteiger partial charge in [0.2, 0.25) is 5.91 Å². The lowest BCUT2D eigenvalue weighted by Gasteiger charge is -2.35. The van der Waals surface area contributed by atoms with Gasteiger partial charge >= 0.3 is 0 Å². The number of amides is 2. The monoisotopic (exact) mass is 494 g/mol. The first-order valence-electron chi connectivity index (χ1n) is 13.5. The van der Waals surface area contributed by atoms with E-state index in [2.05, 4.69) is 0 Å². The smallest absolute Gasteiger partial charge is 0.274 e. The Bertz CT molecular complexity index is 1100. The van der Waals surface area contributed by atoms with Gasteiger partial charge in [0.15, 0.2) is 5.69 Å². The average molecular weight is 495 g/mol. The van der Waals surface area contributed by atoms with Crippen LogP contribution in [0.3, 0.4) is 0 Å². The standard InChI is InChI=1S/C28H38N4O4/c1-19-7-3-6-10-25(19)36-22-12-14-30(15-13-22)26(34)18-32-24-9-5-4-8-23(24)27(29-32)28(35)31-16-11-21(33)17-20(31)2/h3,6-7,10,20-22,33H,4-5,8-9,11-18H2,1-2H3/t20-,21-/m0/s1. The fraction of sp³-hybridized carbons (Fsp3) is 0.607. The molecule has 0 saturated carbocycles. The number of para-hydroxylation sites is 1. The Morgan fingerprint density at radius 1 is 1.08 bits per heavy atom. The Morgan fingerprint density at radius 2 is 1.83 bits per heavy atom. The predicted octanol–water partition coefficient (Wildman–Crippen LogP) is 3.13. The van der Waals surface area contributed by atoms with Crippen molar-refractivity contribution in [2.45, 2.75) is 90.0 Å². The molecule has 2 fully saturated rings. The summed E-state index contributed by atoms with van der Waals surface area (Å²) < 4.78 is 7.99. The number of hydrogen-bond acceptors (Lipinski definition) is 5. The summed E-state index contributed by atoms with van der Waals surface area (Å²) in [5, 5.41) is 14.7. The van der Waals surface area contributed by atoms with Crippen molar-refractivity contribution in [3.63, 3.8) is 0 Å². The molecule has 0 unspecified atom stereocenters. The number of hydrogen-bond donors (Lipinski definition) is 1. The number of likely N-dealkylation sites (tertiary alicyclic amines) is 2. The molecule has 1 aliphatic carbocycles. The molecule has 2 amide bonds. The van der Waals surface area contributed by atoms with Crippen LogP contribution in [0, 0.1) is 6.92 Å². The van der Waals surface area contributed by atoms with E-state index in [1.807, 2.05) is 47.9 Å². The highest BCUT2D eigenvalue weighted by Gasteiger charge is 2.34. The van der Waals surface area contributed by atoms with E-state index in [4.69, 9.17) is 9.84 Å². The van der Waals surface area contributed by atoms with Crippen LogP contribution in [0.4, 0.5) is 0 Å². The van der Waals surface area contributed by atoms with Crippen LogP contribution >= 0.6 is 0 Å². The second-order valence-electron chi connectivity index (χ2n) is 10.6. The van der Waals surface area contributed by atoms with Crippen molar-refractivity contribution in [3.8, 4) is 5.75 Å². The molecule has 3 aliphatic rings. The van der Waals surface area contributed by atoms with Crippen LogP contribution in [-0.4, -0.2) is 74.4 Å². The number of piperidine rings is 2. The quantitative estimate of drug-likeness (QED) is 0.690. The predicted molar refractivity (Wildman–Crippen MR) is 136 cm³/mol. The van der Waals surface area contributed by atoms with Crippen molar-refractivity contribution in [3.05, 3.63) is 46.8 Å². The summed E-state index contributed by atoms with van der Waals surface area (Å²) in [6, 6.07) is 8.02. The highest BCUT2D eigenvalue weighted by atomic mass is 16.5. The number of ether oxygens (including phenoxy) is 1. The molecular weight excluding hydrogens is 456 g/mol. The topological polar surface area (TPSA) is 87.9 Å². The Morgan fingerprint density at radius 3 is 2.58 bits per heavy atom. The van der Waals surface area contributed by atoms with Gasteiger partial charge in [0.25, 0.3) is 5.91 Å². The van der Waals surface area contributed by atoms with Gasteiger partial charge in [0, 0.05) is 49.8 Å². The fourth-order valence-corrected chi connectivity index (χ4v) is 5.88. The molecule has 3 heterocycles. The first kappa shape index (κ1) is 24.8. The van der Waals surface area contributed by atoms with E-state index < -0.39 is 0 Å². The van der Waals surface area contributed by atoms with Crippen molar-refractivity contribution < 1.29 is 19.4 Å². The molecule has 2 aromatic rings. The zero-order valence-electron chi connectivity index (χ0n) is 21.5. The van der Waals surface area contributed by atoms with Crippen molar-refractivity contribution in [2.75, 3.05) is 19.6 Å². The lowest BCUT2D eigenvalue weighted by molar-refractivity contribution is -0.133. The van der Waals surface area contributed by atoms with Gasteiger partial charge in [-0.05, 0) is 64.0 Å². The molecular formula is C28H38N4O4. The minimum atomic E-state index is -0.348. The number of carbonyl (C=O) groups excluding carboxylic acids is 2. The summed E-state index contributed by atoms with van der Waals surface area (Å²) in [4.78, 5) is 30.5. The lowest BCUT2D eigenvalue weighted by atomic mass is 9.94. The van der Waals surface area contributed by atoms with Gasteiger partial charge < -0.3 is 19.6 Å². The molecule has 0 radical (unpaired) electrons. The average Bonchev–Trinajstić information content (AvgIpc) is 3.24. The molecule has 8 heteroatoms. The SMILES string of the molecule is Cc1ccccc1OC1CCN(C(=O)Cn2nc(C(=O)N3CC[C@H](O)C[C@@H]3C)c3c2CCCC3)CC1. The molecule has 8 nitrogen and oxygen atoms in total. The number of nitrogens with zero attached hydrogens (tertiary/aromatic N) is 4. The van der Waals surface area contributed by atoms with Gasteiger partial charge in [-0.1, -0.05) is 18.2 Å². The molecule has 1 N–H and O–H groups in total. The van der Waals surface area contributed by atoms with Gasteiger partial charge in [0.1, 0.15) is 18.4 Å². The van der Waals surface area contributed by atoms with E-state index in [1.54, 1.807) is 4.68 Å². The molecule has 36 heavy (non-hydrogen) atoms. The summed E-state index contributed by atoms with van der Waals surface area (Å²) in [5.41, 5.74) is 3.69. The summed E-state index contributed by atoms with van der Waals surface area (Å²) >= 11 is 0. The van der Waals surface area contributed by atoms with Crippen LogP contribution in [0.15, 0.2) is 24.3 Å². The van der Waals surface area contributed by atoms with Gasteiger partial charge in [-0.2, -0.15) is 5.10 Å². The Hall–Kier alpha value is -2.87. The van der Waals surface area contributed by atoms with Crippen LogP contribution in [0.2, 0.25) is 0 Å². The Balaban J connectivity index is 1.24. The number of aliphatic hydroxyl groups excluding tert-OH is 1. The summed E-state index contributed by atoms with van der Waals surface area (Å²) in [7, 11) is 0. The van der Waals surface area contributed by atoms with Gasteiger partial charge in [-0.15, -0.1) is 0 Å². The number of rotatable bonds is 5. The van der Waals surface area contributed by atoms with Crippen molar-refractivity contribution in [2.24, 2.45) is 0 Å². The lowest BCUT2D eigenvalue weighted by Crippen LogP contribution is -2.46. The maximum Gasteiger partial charge on any atom is 0.274 e. The minimum absolute atomic E-state index is 0.0181. The van der Waals surface area contributed by atoms with Crippen molar-refractivity contribution in [1.29, 1.82) is 0 Å². The molecule has 2 atom stereocenters. The zero-order chi connectivity index (χ0) is 25.2. The number of aromatic nitrogens is 2. The maximum atomic E-state index is 13.5. The van der Waals surface area contributed by atoms with Crippen molar-refractivity contribution >= 4 is 11.8 Å². The maximum absolute atomic E-state index is 13.5. The minimum Gasteiger partial charge on any atom is -0.490 e. The first-order chi connectivity index (χ1) is 17.4. The van der Waals surface area contributed by atoms with E-state index in [9.17, 15) is 14.7 Å². The largest absolute Gasteiger partial charge is 0.490 e. The molecule has 1 aromatic carbocycles. The molecule has 2 saturated heterocycles. The van der Waals surface area contributed by atoms with E-state index >= 15 is 0 Å². The number of carbonyl (C=O) groups is 2. The Labute approximate surface area is 213 Å². The Kier molecular flexibility index (Phi) is 7.32. The van der Waals surface area contributed by atoms with E-state index in [0.29, 0.717) is 38.2 Å². The first-order valence-corrected chi connectivity index (χ1v) is 13.5. The number of fused-ring (bicyclic) bond motifs is 1. The summed E-state index contributed by atoms with van der Waals surface area (Å²) in [6.45, 7) is 6.08. The second kappa shape index (κ2) is 10.6. The highest BCUT2D eigenvalue weighted by Crippen LogP contribution is 2.28. The zero-order valence-corrected chi connectivity index (χ0v) is 21.5. The van der Waals surface area contributed by atoms with Crippen LogP contribution in [0.5, 0.6) is 5.75 Å². The number of aliphatic hydroxyl groups is 1. The normalized spacial score (nSPS) is 22.9. The van der Waals surface area contributed by atoms with Gasteiger partial charge in [-0.25, -0.2) is 0 Å². The highest BCUT2D eigenvalue weighted by molar-refractivity contribution is 5.94. The van der Waals surface area contributed by atoms with E-state index in [1.165, 1.54) is 0 Å².